The van der Waals surface area contributed by atoms with E-state index in [0.29, 0.717) is 28.7 Å². The smallest absolute Gasteiger partial charge is 0.253 e. The fourth-order valence-electron chi connectivity index (χ4n) is 2.23. The van der Waals surface area contributed by atoms with Crippen molar-refractivity contribution in [2.45, 2.75) is 12.8 Å². The summed E-state index contributed by atoms with van der Waals surface area (Å²) in [6, 6.07) is 5.24. The first-order valence-corrected chi connectivity index (χ1v) is 7.60. The van der Waals surface area contributed by atoms with E-state index in [4.69, 9.17) is 29.6 Å². The molecule has 0 saturated carbocycles. The minimum absolute atomic E-state index is 0.00425. The van der Waals surface area contributed by atoms with Crippen LogP contribution < -0.4 is 5.73 Å². The number of hydrogen-bond donors (Lipinski definition) is 1. The topological polar surface area (TPSA) is 46.3 Å². The van der Waals surface area contributed by atoms with E-state index in [1.54, 1.807) is 18.2 Å². The summed E-state index contributed by atoms with van der Waals surface area (Å²) in [7, 11) is 0. The highest BCUT2D eigenvalue weighted by atomic mass is 79.9. The SMILES string of the molecule is NC(=S)C1CCN(C(=O)c2cc(Cl)cc(Br)c2)CC1. The Morgan fingerprint density at radius 2 is 2.00 bits per heavy atom. The standard InChI is InChI=1S/C13H14BrClN2OS/c14-10-5-9(6-11(15)7-10)13(18)17-3-1-8(2-4-17)12(16)19/h5-8H,1-4H2,(H2,16,19). The number of thiocarbonyl (C=S) groups is 1. The van der Waals surface area contributed by atoms with Gasteiger partial charge >= 0.3 is 0 Å². The van der Waals surface area contributed by atoms with Crippen molar-refractivity contribution in [1.82, 2.24) is 4.90 Å². The number of halogens is 2. The van der Waals surface area contributed by atoms with Crippen molar-refractivity contribution in [3.05, 3.63) is 33.3 Å². The third kappa shape index (κ3) is 3.68. The molecule has 0 unspecified atom stereocenters. The van der Waals surface area contributed by atoms with Gasteiger partial charge in [0.05, 0.1) is 4.99 Å². The Balaban J connectivity index is 2.07. The third-order valence-electron chi connectivity index (χ3n) is 3.29. The summed E-state index contributed by atoms with van der Waals surface area (Å²) < 4.78 is 0.807. The highest BCUT2D eigenvalue weighted by molar-refractivity contribution is 9.10. The molecule has 0 bridgehead atoms. The molecule has 0 aliphatic carbocycles. The van der Waals surface area contributed by atoms with Crippen molar-refractivity contribution in [3.63, 3.8) is 0 Å². The normalized spacial score (nSPS) is 16.4. The van der Waals surface area contributed by atoms with Gasteiger partial charge in [0.15, 0.2) is 0 Å². The molecule has 19 heavy (non-hydrogen) atoms. The third-order valence-corrected chi connectivity index (χ3v) is 4.30. The molecule has 6 heteroatoms. The second-order valence-corrected chi connectivity index (χ2v) is 6.45. The van der Waals surface area contributed by atoms with Crippen molar-refractivity contribution < 1.29 is 4.79 Å². The second kappa shape index (κ2) is 6.20. The lowest BCUT2D eigenvalue weighted by atomic mass is 9.96. The molecule has 1 aromatic rings. The van der Waals surface area contributed by atoms with Crippen LogP contribution in [0.4, 0.5) is 0 Å². The Morgan fingerprint density at radius 3 is 2.53 bits per heavy atom. The van der Waals surface area contributed by atoms with Crippen LogP contribution in [0.1, 0.15) is 23.2 Å². The lowest BCUT2D eigenvalue weighted by molar-refractivity contribution is 0.0710. The molecular formula is C13H14BrClN2OS. The molecule has 2 rings (SSSR count). The van der Waals surface area contributed by atoms with Crippen LogP contribution in [0.3, 0.4) is 0 Å². The Labute approximate surface area is 131 Å². The van der Waals surface area contributed by atoms with Crippen LogP contribution in [-0.4, -0.2) is 28.9 Å². The molecule has 1 saturated heterocycles. The van der Waals surface area contributed by atoms with Crippen molar-refractivity contribution in [2.24, 2.45) is 11.7 Å². The van der Waals surface area contributed by atoms with Gasteiger partial charge in [0, 0.05) is 34.1 Å². The molecular weight excluding hydrogens is 348 g/mol. The monoisotopic (exact) mass is 360 g/mol. The van der Waals surface area contributed by atoms with Crippen molar-refractivity contribution in [2.75, 3.05) is 13.1 Å². The maximum Gasteiger partial charge on any atom is 0.253 e. The van der Waals surface area contributed by atoms with Crippen LogP contribution in [0, 0.1) is 5.92 Å². The van der Waals surface area contributed by atoms with Crippen LogP contribution in [0.2, 0.25) is 5.02 Å². The maximum atomic E-state index is 12.4. The van der Waals surface area contributed by atoms with Gasteiger partial charge in [0.2, 0.25) is 0 Å². The minimum Gasteiger partial charge on any atom is -0.393 e. The molecule has 102 valence electrons. The maximum absolute atomic E-state index is 12.4. The van der Waals surface area contributed by atoms with Crippen LogP contribution in [0.5, 0.6) is 0 Å². The number of carbonyl (C=O) groups is 1. The van der Waals surface area contributed by atoms with E-state index in [9.17, 15) is 4.79 Å². The molecule has 0 aromatic heterocycles. The number of piperidine rings is 1. The largest absolute Gasteiger partial charge is 0.393 e. The summed E-state index contributed by atoms with van der Waals surface area (Å²) in [6.07, 6.45) is 1.67. The molecule has 1 heterocycles. The quantitative estimate of drug-likeness (QED) is 0.823. The van der Waals surface area contributed by atoms with Crippen molar-refractivity contribution in [3.8, 4) is 0 Å². The van der Waals surface area contributed by atoms with E-state index >= 15 is 0 Å². The Hall–Kier alpha value is -0.650. The van der Waals surface area contributed by atoms with Gasteiger partial charge in [0.1, 0.15) is 0 Å². The van der Waals surface area contributed by atoms with Gasteiger partial charge in [-0.05, 0) is 31.0 Å². The Kier molecular flexibility index (Phi) is 4.81. The molecule has 3 nitrogen and oxygen atoms in total. The van der Waals surface area contributed by atoms with Gasteiger partial charge in [-0.1, -0.05) is 39.7 Å². The molecule has 1 amide bonds. The zero-order valence-corrected chi connectivity index (χ0v) is 13.4. The number of nitrogens with zero attached hydrogens (tertiary/aromatic N) is 1. The van der Waals surface area contributed by atoms with E-state index < -0.39 is 0 Å². The molecule has 0 spiro atoms. The summed E-state index contributed by atoms with van der Waals surface area (Å²) in [5, 5.41) is 0.552. The van der Waals surface area contributed by atoms with Gasteiger partial charge in [-0.15, -0.1) is 0 Å². The molecule has 1 aliphatic heterocycles. The van der Waals surface area contributed by atoms with Crippen LogP contribution >= 0.6 is 39.7 Å². The molecule has 0 atom stereocenters. The highest BCUT2D eigenvalue weighted by Crippen LogP contribution is 2.23. The van der Waals surface area contributed by atoms with Crippen LogP contribution in [0.25, 0.3) is 0 Å². The predicted octanol–water partition coefficient (Wildman–Crippen LogP) is 3.24. The number of likely N-dealkylation sites (tertiary alicyclic amines) is 1. The molecule has 1 aliphatic rings. The zero-order valence-electron chi connectivity index (χ0n) is 10.2. The van der Waals surface area contributed by atoms with Gasteiger partial charge in [-0.2, -0.15) is 0 Å². The number of hydrogen-bond acceptors (Lipinski definition) is 2. The first kappa shape index (κ1) is 14.8. The van der Waals surface area contributed by atoms with Crippen LogP contribution in [-0.2, 0) is 0 Å². The highest BCUT2D eigenvalue weighted by Gasteiger charge is 2.25. The zero-order chi connectivity index (χ0) is 14.0. The van der Waals surface area contributed by atoms with E-state index in [1.165, 1.54) is 0 Å². The summed E-state index contributed by atoms with van der Waals surface area (Å²) in [5.74, 6) is 0.259. The Morgan fingerprint density at radius 1 is 1.37 bits per heavy atom. The van der Waals surface area contributed by atoms with Gasteiger partial charge < -0.3 is 10.6 Å². The summed E-state index contributed by atoms with van der Waals surface area (Å²) in [5.41, 5.74) is 6.25. The predicted molar refractivity (Wildman–Crippen MR) is 84.6 cm³/mol. The van der Waals surface area contributed by atoms with E-state index in [2.05, 4.69) is 15.9 Å². The first-order valence-electron chi connectivity index (χ1n) is 6.02. The summed E-state index contributed by atoms with van der Waals surface area (Å²) >= 11 is 14.3. The van der Waals surface area contributed by atoms with E-state index in [0.717, 1.165) is 17.3 Å². The Bertz CT molecular complexity index is 495. The number of benzene rings is 1. The number of amides is 1. The molecule has 2 N–H and O–H groups in total. The van der Waals surface area contributed by atoms with Gasteiger partial charge in [-0.3, -0.25) is 4.79 Å². The lowest BCUT2D eigenvalue weighted by Crippen LogP contribution is -2.41. The van der Waals surface area contributed by atoms with Gasteiger partial charge in [-0.25, -0.2) is 0 Å². The van der Waals surface area contributed by atoms with Crippen molar-refractivity contribution in [1.29, 1.82) is 0 Å². The minimum atomic E-state index is 0.00425. The molecule has 1 fully saturated rings. The van der Waals surface area contributed by atoms with E-state index in [1.807, 2.05) is 4.90 Å². The second-order valence-electron chi connectivity index (χ2n) is 4.63. The fraction of sp³-hybridized carbons (Fsp3) is 0.385. The summed E-state index contributed by atoms with van der Waals surface area (Å²) in [4.78, 5) is 14.7. The van der Waals surface area contributed by atoms with Gasteiger partial charge in [0.25, 0.3) is 5.91 Å². The van der Waals surface area contributed by atoms with Crippen molar-refractivity contribution >= 4 is 50.6 Å². The summed E-state index contributed by atoms with van der Waals surface area (Å²) in [6.45, 7) is 1.37. The number of rotatable bonds is 2. The average Bonchev–Trinajstić information content (AvgIpc) is 2.37. The molecule has 0 radical (unpaired) electrons. The van der Waals surface area contributed by atoms with E-state index in [-0.39, 0.29) is 11.8 Å². The number of carbonyl (C=O) groups excluding carboxylic acids is 1. The number of nitrogens with two attached hydrogens (primary N) is 1. The lowest BCUT2D eigenvalue weighted by Gasteiger charge is -2.31. The van der Waals surface area contributed by atoms with Crippen LogP contribution in [0.15, 0.2) is 22.7 Å². The average molecular weight is 362 g/mol. The molecule has 1 aromatic carbocycles. The first-order chi connectivity index (χ1) is 8.97. The fourth-order valence-corrected chi connectivity index (χ4v) is 3.32.